The van der Waals surface area contributed by atoms with Crippen molar-refractivity contribution in [2.75, 3.05) is 11.9 Å². The van der Waals surface area contributed by atoms with E-state index >= 15 is 0 Å². The molecule has 0 spiro atoms. The van der Waals surface area contributed by atoms with Crippen LogP contribution in [0.5, 0.6) is 5.75 Å². The normalized spacial score (nSPS) is 11.3. The Hall–Kier alpha value is -3.15. The highest BCUT2D eigenvalue weighted by Gasteiger charge is 2.18. The highest BCUT2D eigenvalue weighted by Crippen LogP contribution is 2.23. The predicted molar refractivity (Wildman–Crippen MR) is 99.0 cm³/mol. The van der Waals surface area contributed by atoms with Crippen LogP contribution in [-0.2, 0) is 20.8 Å². The maximum atomic E-state index is 12.2. The van der Waals surface area contributed by atoms with Crippen molar-refractivity contribution in [3.05, 3.63) is 60.2 Å². The number of anilines is 1. The van der Waals surface area contributed by atoms with Crippen molar-refractivity contribution in [3.63, 3.8) is 0 Å². The van der Waals surface area contributed by atoms with Gasteiger partial charge in [0, 0.05) is 6.92 Å². The fraction of sp³-hybridized carbons (Fsp3) is 0.250. The average Bonchev–Trinajstić information content (AvgIpc) is 2.61. The van der Waals surface area contributed by atoms with Gasteiger partial charge in [-0.2, -0.15) is 0 Å². The molecule has 2 rings (SSSR count). The standard InChI is InChI=1S/C20H22N2O4/c1-14(23)18(12-16-8-4-3-5-9-16)22-20(25)13-26-19-11-7-6-10-17(19)21-15(2)24/h3-11,18H,12-13H2,1-2H3,(H,21,24)(H,22,25)/t18-/m1/s1. The van der Waals surface area contributed by atoms with Crippen LogP contribution in [-0.4, -0.2) is 30.2 Å². The fourth-order valence-electron chi connectivity index (χ4n) is 2.41. The van der Waals surface area contributed by atoms with Crippen molar-refractivity contribution in [2.24, 2.45) is 0 Å². The molecule has 0 fully saturated rings. The summed E-state index contributed by atoms with van der Waals surface area (Å²) in [5.74, 6) is -0.370. The van der Waals surface area contributed by atoms with E-state index in [2.05, 4.69) is 10.6 Å². The number of ether oxygens (including phenoxy) is 1. The van der Waals surface area contributed by atoms with Crippen LogP contribution in [0.2, 0.25) is 0 Å². The zero-order valence-electron chi connectivity index (χ0n) is 14.8. The topological polar surface area (TPSA) is 84.5 Å². The SMILES string of the molecule is CC(=O)Nc1ccccc1OCC(=O)N[C@H](Cc1ccccc1)C(C)=O. The molecule has 2 aromatic rings. The Morgan fingerprint density at radius 3 is 2.27 bits per heavy atom. The predicted octanol–water partition coefficient (Wildman–Crippen LogP) is 2.34. The molecule has 2 aromatic carbocycles. The molecule has 0 aliphatic heterocycles. The number of carbonyl (C=O) groups excluding carboxylic acids is 3. The molecule has 6 heteroatoms. The second-order valence-corrected chi connectivity index (χ2v) is 5.89. The van der Waals surface area contributed by atoms with Crippen molar-refractivity contribution < 1.29 is 19.1 Å². The summed E-state index contributed by atoms with van der Waals surface area (Å²) in [6, 6.07) is 15.7. The number of Topliss-reactive ketones (excluding diaryl/α,β-unsaturated/α-hetero) is 1. The van der Waals surface area contributed by atoms with Crippen molar-refractivity contribution in [1.82, 2.24) is 5.32 Å². The molecule has 0 radical (unpaired) electrons. The van der Waals surface area contributed by atoms with Crippen LogP contribution >= 0.6 is 0 Å². The lowest BCUT2D eigenvalue weighted by atomic mass is 10.0. The molecule has 2 amide bonds. The van der Waals surface area contributed by atoms with Gasteiger partial charge in [-0.05, 0) is 31.0 Å². The Bertz CT molecular complexity index is 774. The van der Waals surface area contributed by atoms with E-state index in [0.717, 1.165) is 5.56 Å². The molecule has 0 heterocycles. The lowest BCUT2D eigenvalue weighted by Gasteiger charge is -2.17. The van der Waals surface area contributed by atoms with E-state index in [1.165, 1.54) is 13.8 Å². The number of carbonyl (C=O) groups is 3. The number of amides is 2. The van der Waals surface area contributed by atoms with E-state index in [-0.39, 0.29) is 18.3 Å². The highest BCUT2D eigenvalue weighted by molar-refractivity contribution is 5.91. The van der Waals surface area contributed by atoms with Crippen LogP contribution in [0.15, 0.2) is 54.6 Å². The first-order valence-electron chi connectivity index (χ1n) is 8.29. The summed E-state index contributed by atoms with van der Waals surface area (Å²) in [4.78, 5) is 35.2. The van der Waals surface area contributed by atoms with Gasteiger partial charge in [-0.3, -0.25) is 14.4 Å². The quantitative estimate of drug-likeness (QED) is 0.762. The summed E-state index contributed by atoms with van der Waals surface area (Å²) in [6.45, 7) is 2.58. The van der Waals surface area contributed by atoms with E-state index in [1.807, 2.05) is 30.3 Å². The van der Waals surface area contributed by atoms with E-state index in [9.17, 15) is 14.4 Å². The van der Waals surface area contributed by atoms with Gasteiger partial charge in [0.1, 0.15) is 5.75 Å². The van der Waals surface area contributed by atoms with Gasteiger partial charge in [-0.25, -0.2) is 0 Å². The molecular formula is C20H22N2O4. The summed E-state index contributed by atoms with van der Waals surface area (Å²) >= 11 is 0. The third-order valence-electron chi connectivity index (χ3n) is 3.67. The number of para-hydroxylation sites is 2. The molecule has 0 saturated carbocycles. The molecule has 0 aromatic heterocycles. The maximum absolute atomic E-state index is 12.2. The van der Waals surface area contributed by atoms with Crippen LogP contribution in [0.1, 0.15) is 19.4 Å². The minimum absolute atomic E-state index is 0.124. The van der Waals surface area contributed by atoms with Crippen LogP contribution in [0.3, 0.4) is 0 Å². The summed E-state index contributed by atoms with van der Waals surface area (Å²) in [6.07, 6.45) is 0.421. The summed E-state index contributed by atoms with van der Waals surface area (Å²) in [5.41, 5.74) is 1.45. The van der Waals surface area contributed by atoms with Crippen molar-refractivity contribution in [1.29, 1.82) is 0 Å². The molecule has 0 unspecified atom stereocenters. The molecule has 2 N–H and O–H groups in total. The Morgan fingerprint density at radius 2 is 1.62 bits per heavy atom. The number of nitrogens with one attached hydrogen (secondary N) is 2. The molecule has 0 bridgehead atoms. The molecule has 26 heavy (non-hydrogen) atoms. The minimum atomic E-state index is -0.612. The van der Waals surface area contributed by atoms with E-state index in [1.54, 1.807) is 24.3 Å². The zero-order chi connectivity index (χ0) is 18.9. The number of hydrogen-bond acceptors (Lipinski definition) is 4. The first-order valence-corrected chi connectivity index (χ1v) is 8.29. The van der Waals surface area contributed by atoms with Crippen molar-refractivity contribution in [2.45, 2.75) is 26.3 Å². The number of rotatable bonds is 8. The monoisotopic (exact) mass is 354 g/mol. The van der Waals surface area contributed by atoms with Gasteiger partial charge in [0.25, 0.3) is 5.91 Å². The maximum Gasteiger partial charge on any atom is 0.258 e. The van der Waals surface area contributed by atoms with Crippen molar-refractivity contribution >= 4 is 23.3 Å². The molecule has 6 nitrogen and oxygen atoms in total. The Morgan fingerprint density at radius 1 is 0.962 bits per heavy atom. The average molecular weight is 354 g/mol. The van der Waals surface area contributed by atoms with Gasteiger partial charge in [0.2, 0.25) is 5.91 Å². The van der Waals surface area contributed by atoms with E-state index in [4.69, 9.17) is 4.74 Å². The first kappa shape index (κ1) is 19.2. The second-order valence-electron chi connectivity index (χ2n) is 5.89. The van der Waals surface area contributed by atoms with Gasteiger partial charge in [-0.15, -0.1) is 0 Å². The first-order chi connectivity index (χ1) is 12.5. The lowest BCUT2D eigenvalue weighted by molar-refractivity contribution is -0.128. The van der Waals surface area contributed by atoms with Gasteiger partial charge < -0.3 is 15.4 Å². The molecule has 136 valence electrons. The molecular weight excluding hydrogens is 332 g/mol. The number of benzene rings is 2. The number of hydrogen-bond donors (Lipinski definition) is 2. The molecule has 0 saturated heterocycles. The molecule has 1 atom stereocenters. The largest absolute Gasteiger partial charge is 0.482 e. The van der Waals surface area contributed by atoms with E-state index in [0.29, 0.717) is 17.9 Å². The van der Waals surface area contributed by atoms with Crippen LogP contribution < -0.4 is 15.4 Å². The van der Waals surface area contributed by atoms with Gasteiger partial charge in [-0.1, -0.05) is 42.5 Å². The van der Waals surface area contributed by atoms with E-state index < -0.39 is 11.9 Å². The third-order valence-corrected chi connectivity index (χ3v) is 3.67. The zero-order valence-corrected chi connectivity index (χ0v) is 14.8. The Kier molecular flexibility index (Phi) is 6.91. The number of ketones is 1. The smallest absolute Gasteiger partial charge is 0.258 e. The highest BCUT2D eigenvalue weighted by atomic mass is 16.5. The van der Waals surface area contributed by atoms with Crippen LogP contribution in [0.25, 0.3) is 0 Å². The van der Waals surface area contributed by atoms with Crippen LogP contribution in [0.4, 0.5) is 5.69 Å². The summed E-state index contributed by atoms with van der Waals surface area (Å²) < 4.78 is 5.49. The van der Waals surface area contributed by atoms with Gasteiger partial charge >= 0.3 is 0 Å². The van der Waals surface area contributed by atoms with Crippen molar-refractivity contribution in [3.8, 4) is 5.75 Å². The van der Waals surface area contributed by atoms with Gasteiger partial charge in [0.15, 0.2) is 12.4 Å². The van der Waals surface area contributed by atoms with Gasteiger partial charge in [0.05, 0.1) is 11.7 Å². The lowest BCUT2D eigenvalue weighted by Crippen LogP contribution is -2.43. The second kappa shape index (κ2) is 9.36. The molecule has 0 aliphatic rings. The Labute approximate surface area is 152 Å². The summed E-state index contributed by atoms with van der Waals surface area (Å²) in [5, 5.41) is 5.33. The summed E-state index contributed by atoms with van der Waals surface area (Å²) in [7, 11) is 0. The fourth-order valence-corrected chi connectivity index (χ4v) is 2.41. The minimum Gasteiger partial charge on any atom is -0.482 e. The van der Waals surface area contributed by atoms with Crippen LogP contribution in [0, 0.1) is 0 Å². The molecule has 0 aliphatic carbocycles. The third kappa shape index (κ3) is 6.05. The Balaban J connectivity index is 1.94.